The van der Waals surface area contributed by atoms with E-state index in [1.807, 2.05) is 0 Å². The van der Waals surface area contributed by atoms with Gasteiger partial charge >= 0.3 is 5.97 Å². The monoisotopic (exact) mass is 370 g/mol. The smallest absolute Gasteiger partial charge is 0.337 e. The Hall–Kier alpha value is -3.46. The number of aromatic nitrogens is 2. The Bertz CT molecular complexity index is 1230. The van der Waals surface area contributed by atoms with Crippen molar-refractivity contribution in [2.75, 3.05) is 20.1 Å². The van der Waals surface area contributed by atoms with Gasteiger partial charge in [-0.2, -0.15) is 0 Å². The quantitative estimate of drug-likeness (QED) is 0.296. The van der Waals surface area contributed by atoms with Gasteiger partial charge in [0.25, 0.3) is 0 Å². The minimum Gasteiger partial charge on any atom is -0.507 e. The number of aromatic amines is 1. The van der Waals surface area contributed by atoms with E-state index in [1.54, 1.807) is 7.05 Å². The van der Waals surface area contributed by atoms with Gasteiger partial charge in [0.05, 0.1) is 16.3 Å². The van der Waals surface area contributed by atoms with Crippen LogP contribution in [0.1, 0.15) is 15.9 Å². The first-order valence-electron chi connectivity index (χ1n) is 8.20. The van der Waals surface area contributed by atoms with Crippen molar-refractivity contribution >= 4 is 34.2 Å². The highest BCUT2D eigenvalue weighted by atomic mass is 16.4. The third kappa shape index (κ3) is 3.08. The molecule has 3 aromatic rings. The first-order chi connectivity index (χ1) is 12.9. The number of phenols is 1. The van der Waals surface area contributed by atoms with Crippen molar-refractivity contribution in [3.05, 3.63) is 48.9 Å². The number of likely N-dealkylation sites (N-methyl/N-ethyl adjacent to an activating group) is 1. The molecule has 9 heteroatoms. The molecule has 0 bridgehead atoms. The Labute approximate surface area is 152 Å². The molecule has 3 rings (SSSR count). The van der Waals surface area contributed by atoms with E-state index in [2.05, 4.69) is 20.6 Å². The summed E-state index contributed by atoms with van der Waals surface area (Å²) >= 11 is 0. The van der Waals surface area contributed by atoms with E-state index in [4.69, 9.17) is 0 Å². The molecule has 27 heavy (non-hydrogen) atoms. The molecule has 0 atom stereocenters. The maximum absolute atomic E-state index is 12.6. The largest absolute Gasteiger partial charge is 0.507 e. The van der Waals surface area contributed by atoms with Crippen molar-refractivity contribution < 1.29 is 15.0 Å². The Kier molecular flexibility index (Phi) is 4.78. The normalized spacial score (nSPS) is 12.0. The minimum atomic E-state index is -1.25. The molecule has 0 aliphatic heterocycles. The van der Waals surface area contributed by atoms with E-state index in [1.165, 1.54) is 19.2 Å². The van der Waals surface area contributed by atoms with Gasteiger partial charge in [-0.1, -0.05) is 0 Å². The van der Waals surface area contributed by atoms with Crippen LogP contribution >= 0.6 is 0 Å². The summed E-state index contributed by atoms with van der Waals surface area (Å²) in [5.74, 6) is -1.49. The van der Waals surface area contributed by atoms with Gasteiger partial charge in [-0.05, 0) is 26.1 Å². The fraction of sp³-hybridized carbons (Fsp3) is 0.222. The highest BCUT2D eigenvalue weighted by molar-refractivity contribution is 6.02. The lowest BCUT2D eigenvalue weighted by Gasteiger charge is -2.08. The molecule has 0 saturated carbocycles. The topological polar surface area (TPSA) is 144 Å². The van der Waals surface area contributed by atoms with E-state index in [9.17, 15) is 24.6 Å². The van der Waals surface area contributed by atoms with Crippen LogP contribution in [0.4, 0.5) is 0 Å². The summed E-state index contributed by atoms with van der Waals surface area (Å²) < 4.78 is 0. The first-order valence-corrected chi connectivity index (χ1v) is 8.20. The van der Waals surface area contributed by atoms with Crippen molar-refractivity contribution in [3.8, 4) is 5.75 Å². The molecule has 0 amide bonds. The van der Waals surface area contributed by atoms with Crippen molar-refractivity contribution in [3.63, 3.8) is 0 Å². The minimum absolute atomic E-state index is 0.0209. The second-order valence-electron chi connectivity index (χ2n) is 6.02. The van der Waals surface area contributed by atoms with Crippen LogP contribution in [0.25, 0.3) is 28.3 Å². The van der Waals surface area contributed by atoms with Crippen LogP contribution in [0.15, 0.2) is 21.7 Å². The molecular weight excluding hydrogens is 352 g/mol. The lowest BCUT2D eigenvalue weighted by atomic mass is 10.1. The number of carbonyl (C=O) groups is 1. The summed E-state index contributed by atoms with van der Waals surface area (Å²) in [5.41, 5.74) is -1.11. The second-order valence-corrected chi connectivity index (χ2v) is 6.02. The number of nitrogens with zero attached hydrogens (tertiary/aromatic N) is 1. The molecule has 0 aliphatic carbocycles. The number of nitrogens with one attached hydrogen (secondary N) is 3. The molecule has 1 aromatic heterocycles. The summed E-state index contributed by atoms with van der Waals surface area (Å²) in [6, 6.07) is 2.28. The number of hydrogen-bond donors (Lipinski definition) is 5. The van der Waals surface area contributed by atoms with Crippen LogP contribution in [0.2, 0.25) is 0 Å². The Balaban J connectivity index is 2.45. The number of phenolic OH excluding ortho intramolecular Hbond substituents is 1. The first kappa shape index (κ1) is 18.3. The predicted molar refractivity (Wildman–Crippen MR) is 101 cm³/mol. The van der Waals surface area contributed by atoms with Crippen molar-refractivity contribution in [2.24, 2.45) is 0 Å². The number of benzene rings is 2. The Morgan fingerprint density at radius 2 is 1.96 bits per heavy atom. The second kappa shape index (κ2) is 7.04. The summed E-state index contributed by atoms with van der Waals surface area (Å²) in [6.07, 6.45) is 1.51. The van der Waals surface area contributed by atoms with Crippen molar-refractivity contribution in [1.82, 2.24) is 20.6 Å². The molecule has 2 aromatic carbocycles. The average molecular weight is 370 g/mol. The van der Waals surface area contributed by atoms with Crippen LogP contribution in [-0.4, -0.2) is 46.3 Å². The summed E-state index contributed by atoms with van der Waals surface area (Å²) in [5, 5.41) is 26.0. The van der Waals surface area contributed by atoms with Crippen molar-refractivity contribution in [1.29, 1.82) is 0 Å². The molecule has 0 saturated heterocycles. The van der Waals surface area contributed by atoms with Gasteiger partial charge in [0, 0.05) is 24.9 Å². The van der Waals surface area contributed by atoms with Crippen LogP contribution in [-0.2, 0) is 0 Å². The third-order valence-electron chi connectivity index (χ3n) is 4.28. The number of rotatable bonds is 5. The van der Waals surface area contributed by atoms with Crippen LogP contribution < -0.4 is 26.7 Å². The number of fused-ring (bicyclic) bond motifs is 2. The predicted octanol–water partition coefficient (Wildman–Crippen LogP) is -0.585. The number of aromatic carboxylic acids is 1. The summed E-state index contributed by atoms with van der Waals surface area (Å²) in [6.45, 7) is 2.69. The molecule has 0 aliphatic rings. The Morgan fingerprint density at radius 3 is 2.63 bits per heavy atom. The maximum atomic E-state index is 12.6. The van der Waals surface area contributed by atoms with E-state index >= 15 is 0 Å². The molecule has 0 unspecified atom stereocenters. The number of hydrogen-bond acceptors (Lipinski definition) is 7. The van der Waals surface area contributed by atoms with Gasteiger partial charge in [-0.3, -0.25) is 9.59 Å². The van der Waals surface area contributed by atoms with Gasteiger partial charge in [0.2, 0.25) is 10.9 Å². The standard InChI is InChI=1S/C18H18N4O5/c1-8-16(24)10(7-20-6-5-19-2)13-15(17(8)25)22-12-9(18(26)27)3-4-11(23)14(12)21-13/h3-4,7,19-20,22,24H,5-6H2,1-2H3,(H,26,27). The van der Waals surface area contributed by atoms with E-state index < -0.39 is 16.8 Å². The number of carboxylic acid groups (broad SMARTS) is 1. The summed E-state index contributed by atoms with van der Waals surface area (Å²) in [4.78, 5) is 43.2. The lowest BCUT2D eigenvalue weighted by molar-refractivity contribution is 0.0699. The van der Waals surface area contributed by atoms with Crippen LogP contribution in [0, 0.1) is 6.92 Å². The zero-order valence-electron chi connectivity index (χ0n) is 14.7. The average Bonchev–Trinajstić information content (AvgIpc) is 2.65. The molecular formula is C18H18N4O5. The zero-order valence-corrected chi connectivity index (χ0v) is 14.7. The van der Waals surface area contributed by atoms with Gasteiger partial charge < -0.3 is 25.8 Å². The molecule has 1 heterocycles. The van der Waals surface area contributed by atoms with Gasteiger partial charge in [0.1, 0.15) is 22.3 Å². The van der Waals surface area contributed by atoms with Gasteiger partial charge in [0.15, 0.2) is 0 Å². The number of aromatic hydroxyl groups is 1. The SMILES string of the molecule is CNCCNC=c1c(O)c(C)c(=O)c2[nH]c3c(C(=O)O)ccc(=O)c3nc12. The zero-order chi connectivity index (χ0) is 19.7. The molecule has 0 spiro atoms. The summed E-state index contributed by atoms with van der Waals surface area (Å²) in [7, 11) is 1.80. The fourth-order valence-corrected chi connectivity index (χ4v) is 2.82. The van der Waals surface area contributed by atoms with E-state index in [0.717, 1.165) is 6.07 Å². The highest BCUT2D eigenvalue weighted by Gasteiger charge is 2.17. The molecule has 9 nitrogen and oxygen atoms in total. The van der Waals surface area contributed by atoms with Gasteiger partial charge in [-0.15, -0.1) is 0 Å². The highest BCUT2D eigenvalue weighted by Crippen LogP contribution is 2.17. The lowest BCUT2D eigenvalue weighted by Crippen LogP contribution is -2.25. The Morgan fingerprint density at radius 1 is 1.22 bits per heavy atom. The number of carboxylic acids is 1. The van der Waals surface area contributed by atoms with Crippen LogP contribution in [0.3, 0.4) is 0 Å². The van der Waals surface area contributed by atoms with Crippen molar-refractivity contribution in [2.45, 2.75) is 6.92 Å². The molecule has 140 valence electrons. The fourth-order valence-electron chi connectivity index (χ4n) is 2.82. The van der Waals surface area contributed by atoms with Crippen LogP contribution in [0.5, 0.6) is 5.75 Å². The number of H-pyrrole nitrogens is 1. The third-order valence-corrected chi connectivity index (χ3v) is 4.28. The van der Waals surface area contributed by atoms with E-state index in [-0.39, 0.29) is 44.2 Å². The van der Waals surface area contributed by atoms with E-state index in [0.29, 0.717) is 13.1 Å². The molecule has 5 N–H and O–H groups in total. The van der Waals surface area contributed by atoms with Gasteiger partial charge in [-0.25, -0.2) is 9.78 Å². The maximum Gasteiger partial charge on any atom is 0.337 e. The molecule has 0 radical (unpaired) electrons. The molecule has 0 fully saturated rings.